The summed E-state index contributed by atoms with van der Waals surface area (Å²) in [6, 6.07) is 3.24. The van der Waals surface area contributed by atoms with Gasteiger partial charge in [0.2, 0.25) is 5.78 Å². The average molecular weight is 323 g/mol. The Kier molecular flexibility index (Phi) is 4.17. The molecular weight excluding hydrogens is 315 g/mol. The zero-order valence-corrected chi connectivity index (χ0v) is 12.6. The normalized spacial score (nSPS) is 10.4. The molecule has 2 heterocycles. The van der Waals surface area contributed by atoms with Gasteiger partial charge in [0.1, 0.15) is 20.2 Å². The van der Waals surface area contributed by atoms with E-state index >= 15 is 0 Å². The molecule has 0 atom stereocenters. The fourth-order valence-electron chi connectivity index (χ4n) is 1.33. The van der Waals surface area contributed by atoms with Crippen molar-refractivity contribution < 1.29 is 14.3 Å². The molecule has 96 valence electrons. The first-order valence-corrected chi connectivity index (χ1v) is 7.17. The van der Waals surface area contributed by atoms with Gasteiger partial charge in [-0.25, -0.2) is 0 Å². The Labute approximate surface area is 122 Å². The Hall–Kier alpha value is -0.750. The van der Waals surface area contributed by atoms with Gasteiger partial charge in [-0.3, -0.25) is 4.79 Å². The predicted molar refractivity (Wildman–Crippen MR) is 75.2 cm³/mol. The number of methoxy groups -OCH3 is 2. The van der Waals surface area contributed by atoms with Crippen LogP contribution in [0.4, 0.5) is 0 Å². The smallest absolute Gasteiger partial charge is 0.213 e. The van der Waals surface area contributed by atoms with E-state index in [0.29, 0.717) is 29.9 Å². The van der Waals surface area contributed by atoms with Crippen LogP contribution in [0.5, 0.6) is 11.5 Å². The molecule has 0 aliphatic carbocycles. The van der Waals surface area contributed by atoms with Crippen molar-refractivity contribution in [3.8, 4) is 11.5 Å². The third-order valence-corrected chi connectivity index (χ3v) is 4.84. The Morgan fingerprint density at radius 1 is 1.00 bits per heavy atom. The zero-order valence-electron chi connectivity index (χ0n) is 9.45. The summed E-state index contributed by atoms with van der Waals surface area (Å²) in [5, 5.41) is 0. The van der Waals surface area contributed by atoms with Gasteiger partial charge in [0.05, 0.1) is 24.0 Å². The van der Waals surface area contributed by atoms with Gasteiger partial charge in [0.15, 0.2) is 0 Å². The highest BCUT2D eigenvalue weighted by Crippen LogP contribution is 2.39. The third-order valence-electron chi connectivity index (χ3n) is 2.20. The molecule has 0 aliphatic rings. The standard InChI is InChI=1S/C11H8Cl2O3S2/c1-15-5-3-7(17-10(5)12)9(14)8-4-6(16-2)11(13)18-8/h3-4H,1-2H3. The molecule has 3 nitrogen and oxygen atoms in total. The third kappa shape index (κ3) is 2.49. The minimum atomic E-state index is -0.139. The van der Waals surface area contributed by atoms with Crippen LogP contribution in [0.1, 0.15) is 14.5 Å². The molecule has 0 bridgehead atoms. The van der Waals surface area contributed by atoms with Crippen LogP contribution >= 0.6 is 45.9 Å². The van der Waals surface area contributed by atoms with Crippen molar-refractivity contribution in [3.63, 3.8) is 0 Å². The summed E-state index contributed by atoms with van der Waals surface area (Å²) in [5.41, 5.74) is 0. The van der Waals surface area contributed by atoms with Crippen LogP contribution in [0.2, 0.25) is 8.67 Å². The molecule has 0 fully saturated rings. The maximum atomic E-state index is 12.2. The number of hydrogen-bond acceptors (Lipinski definition) is 5. The SMILES string of the molecule is COc1cc(C(=O)c2cc(OC)c(Cl)s2)sc1Cl. The first-order chi connectivity index (χ1) is 8.56. The maximum absolute atomic E-state index is 12.2. The number of ether oxygens (including phenoxy) is 2. The Morgan fingerprint density at radius 2 is 1.39 bits per heavy atom. The van der Waals surface area contributed by atoms with E-state index in [0.717, 1.165) is 0 Å². The fraction of sp³-hybridized carbons (Fsp3) is 0.182. The van der Waals surface area contributed by atoms with E-state index in [1.807, 2.05) is 0 Å². The minimum absolute atomic E-state index is 0.139. The topological polar surface area (TPSA) is 35.5 Å². The molecule has 0 aromatic carbocycles. The van der Waals surface area contributed by atoms with Crippen molar-refractivity contribution in [2.24, 2.45) is 0 Å². The maximum Gasteiger partial charge on any atom is 0.213 e. The molecule has 0 spiro atoms. The lowest BCUT2D eigenvalue weighted by Gasteiger charge is -1.93. The quantitative estimate of drug-likeness (QED) is 0.784. The van der Waals surface area contributed by atoms with Crippen molar-refractivity contribution in [1.82, 2.24) is 0 Å². The number of thiophene rings is 2. The Balaban J connectivity index is 2.34. The largest absolute Gasteiger partial charge is 0.494 e. The second-order valence-corrected chi connectivity index (χ2v) is 6.54. The summed E-state index contributed by atoms with van der Waals surface area (Å²) in [6.07, 6.45) is 0. The van der Waals surface area contributed by atoms with Crippen LogP contribution in [0, 0.1) is 0 Å². The molecule has 0 N–H and O–H groups in total. The average Bonchev–Trinajstić information content (AvgIpc) is 2.91. The van der Waals surface area contributed by atoms with Gasteiger partial charge in [-0.15, -0.1) is 22.7 Å². The van der Waals surface area contributed by atoms with E-state index < -0.39 is 0 Å². The number of rotatable bonds is 4. The summed E-state index contributed by atoms with van der Waals surface area (Å²) < 4.78 is 11.0. The van der Waals surface area contributed by atoms with E-state index in [-0.39, 0.29) is 5.78 Å². The van der Waals surface area contributed by atoms with Crippen molar-refractivity contribution in [2.75, 3.05) is 14.2 Å². The van der Waals surface area contributed by atoms with Gasteiger partial charge in [-0.2, -0.15) is 0 Å². The second kappa shape index (κ2) is 5.48. The van der Waals surface area contributed by atoms with Gasteiger partial charge < -0.3 is 9.47 Å². The fourth-order valence-corrected chi connectivity index (χ4v) is 3.76. The monoisotopic (exact) mass is 322 g/mol. The Morgan fingerprint density at radius 3 is 1.67 bits per heavy atom. The number of ketones is 1. The highest BCUT2D eigenvalue weighted by molar-refractivity contribution is 7.21. The van der Waals surface area contributed by atoms with Crippen molar-refractivity contribution >= 4 is 51.7 Å². The van der Waals surface area contributed by atoms with Gasteiger partial charge in [0, 0.05) is 12.1 Å². The first kappa shape index (κ1) is 13.7. The van der Waals surface area contributed by atoms with E-state index in [4.69, 9.17) is 32.7 Å². The molecular formula is C11H8Cl2O3S2. The van der Waals surface area contributed by atoms with Crippen LogP contribution < -0.4 is 9.47 Å². The summed E-state index contributed by atoms with van der Waals surface area (Å²) in [5.74, 6) is 0.861. The first-order valence-electron chi connectivity index (χ1n) is 4.78. The highest BCUT2D eigenvalue weighted by atomic mass is 35.5. The number of carbonyl (C=O) groups is 1. The summed E-state index contributed by atoms with van der Waals surface area (Å²) in [6.45, 7) is 0. The van der Waals surface area contributed by atoms with Gasteiger partial charge >= 0.3 is 0 Å². The van der Waals surface area contributed by atoms with Gasteiger partial charge in [-0.1, -0.05) is 23.2 Å². The lowest BCUT2D eigenvalue weighted by molar-refractivity contribution is 0.104. The molecule has 18 heavy (non-hydrogen) atoms. The molecule has 2 rings (SSSR count). The molecule has 0 amide bonds. The van der Waals surface area contributed by atoms with Crippen molar-refractivity contribution in [1.29, 1.82) is 0 Å². The second-order valence-electron chi connectivity index (χ2n) is 3.23. The van der Waals surface area contributed by atoms with Gasteiger partial charge in [0.25, 0.3) is 0 Å². The minimum Gasteiger partial charge on any atom is -0.494 e. The molecule has 2 aromatic rings. The summed E-state index contributed by atoms with van der Waals surface area (Å²) in [7, 11) is 3.01. The van der Waals surface area contributed by atoms with E-state index in [1.54, 1.807) is 12.1 Å². The van der Waals surface area contributed by atoms with Crippen LogP contribution in [0.25, 0.3) is 0 Å². The highest BCUT2D eigenvalue weighted by Gasteiger charge is 2.19. The number of carbonyl (C=O) groups excluding carboxylic acids is 1. The Bertz CT molecular complexity index is 539. The predicted octanol–water partition coefficient (Wildman–Crippen LogP) is 4.36. The van der Waals surface area contributed by atoms with Crippen molar-refractivity contribution in [2.45, 2.75) is 0 Å². The lowest BCUT2D eigenvalue weighted by atomic mass is 10.2. The lowest BCUT2D eigenvalue weighted by Crippen LogP contribution is -1.94. The van der Waals surface area contributed by atoms with Crippen molar-refractivity contribution in [3.05, 3.63) is 30.6 Å². The molecule has 0 saturated carbocycles. The van der Waals surface area contributed by atoms with Crippen LogP contribution in [-0.4, -0.2) is 20.0 Å². The van der Waals surface area contributed by atoms with Crippen LogP contribution in [0.15, 0.2) is 12.1 Å². The van der Waals surface area contributed by atoms with E-state index in [2.05, 4.69) is 0 Å². The number of halogens is 2. The molecule has 2 aromatic heterocycles. The number of hydrogen-bond donors (Lipinski definition) is 0. The summed E-state index contributed by atoms with van der Waals surface area (Å²) >= 11 is 14.2. The molecule has 0 unspecified atom stereocenters. The van der Waals surface area contributed by atoms with Crippen LogP contribution in [0.3, 0.4) is 0 Å². The van der Waals surface area contributed by atoms with E-state index in [1.165, 1.54) is 36.9 Å². The summed E-state index contributed by atoms with van der Waals surface area (Å²) in [4.78, 5) is 13.2. The molecule has 0 radical (unpaired) electrons. The zero-order chi connectivity index (χ0) is 13.3. The molecule has 0 aliphatic heterocycles. The van der Waals surface area contributed by atoms with Gasteiger partial charge in [-0.05, 0) is 0 Å². The molecule has 0 saturated heterocycles. The molecule has 7 heteroatoms. The van der Waals surface area contributed by atoms with Crippen LogP contribution in [-0.2, 0) is 0 Å². The van der Waals surface area contributed by atoms with E-state index in [9.17, 15) is 4.79 Å².